The summed E-state index contributed by atoms with van der Waals surface area (Å²) in [5, 5.41) is 14.1. The van der Waals surface area contributed by atoms with E-state index in [9.17, 15) is 4.79 Å². The summed E-state index contributed by atoms with van der Waals surface area (Å²) >= 11 is 0. The minimum atomic E-state index is -0.164. The van der Waals surface area contributed by atoms with Gasteiger partial charge in [-0.05, 0) is 32.0 Å². The molecule has 3 N–H and O–H groups in total. The molecule has 2 aromatic heterocycles. The number of benzene rings is 2. The summed E-state index contributed by atoms with van der Waals surface area (Å²) in [6, 6.07) is 17.0. The topological polar surface area (TPSA) is 105 Å². The van der Waals surface area contributed by atoms with E-state index in [1.807, 2.05) is 56.3 Å². The Labute approximate surface area is 180 Å². The zero-order valence-corrected chi connectivity index (χ0v) is 17.5. The minimum absolute atomic E-state index is 0.164. The smallest absolute Gasteiger partial charge is 0.251 e. The number of nitrogens with one attached hydrogen (secondary N) is 3. The van der Waals surface area contributed by atoms with Gasteiger partial charge in [-0.15, -0.1) is 0 Å². The first-order valence-electron chi connectivity index (χ1n) is 10.2. The maximum absolute atomic E-state index is 12.6. The van der Waals surface area contributed by atoms with E-state index in [1.165, 1.54) is 0 Å². The maximum Gasteiger partial charge on any atom is 0.251 e. The van der Waals surface area contributed by atoms with Gasteiger partial charge in [0, 0.05) is 42.5 Å². The van der Waals surface area contributed by atoms with Gasteiger partial charge in [0.2, 0.25) is 5.95 Å². The van der Waals surface area contributed by atoms with Gasteiger partial charge in [-0.25, -0.2) is 4.98 Å². The molecule has 0 aliphatic rings. The summed E-state index contributed by atoms with van der Waals surface area (Å²) < 4.78 is 5.51. The van der Waals surface area contributed by atoms with E-state index in [4.69, 9.17) is 4.52 Å². The molecule has 0 atom stereocenters. The van der Waals surface area contributed by atoms with E-state index in [-0.39, 0.29) is 5.91 Å². The third-order valence-corrected chi connectivity index (χ3v) is 4.68. The number of aryl methyl sites for hydroxylation is 1. The third-order valence-electron chi connectivity index (χ3n) is 4.68. The second-order valence-corrected chi connectivity index (χ2v) is 7.04. The monoisotopic (exact) mass is 416 g/mol. The third kappa shape index (κ3) is 4.80. The van der Waals surface area contributed by atoms with Gasteiger partial charge >= 0.3 is 0 Å². The van der Waals surface area contributed by atoms with Crippen LogP contribution in [0.5, 0.6) is 0 Å². The summed E-state index contributed by atoms with van der Waals surface area (Å²) in [5.41, 5.74) is 3.05. The van der Waals surface area contributed by atoms with Crippen LogP contribution in [-0.4, -0.2) is 40.7 Å². The number of fused-ring (bicyclic) bond motifs is 1. The van der Waals surface area contributed by atoms with Gasteiger partial charge in [0.15, 0.2) is 5.76 Å². The standard InChI is InChI=1S/C23H24N6O2/c1-3-24-20-13-15(2)27-23(28-20)26-12-11-25-22(30)17-9-10-19-18(14-17)21(31-29-19)16-7-5-4-6-8-16/h4-10,13-14H,3,11-12H2,1-2H3,(H,25,30)(H2,24,26,27,28). The average Bonchev–Trinajstić information content (AvgIpc) is 3.20. The van der Waals surface area contributed by atoms with Crippen molar-refractivity contribution in [2.24, 2.45) is 0 Å². The lowest BCUT2D eigenvalue weighted by molar-refractivity contribution is 0.0955. The first-order valence-corrected chi connectivity index (χ1v) is 10.2. The summed E-state index contributed by atoms with van der Waals surface area (Å²) in [4.78, 5) is 21.4. The molecule has 158 valence electrons. The number of aromatic nitrogens is 3. The van der Waals surface area contributed by atoms with Crippen LogP contribution in [0.4, 0.5) is 11.8 Å². The van der Waals surface area contributed by atoms with Crippen molar-refractivity contribution in [2.75, 3.05) is 30.3 Å². The Morgan fingerprint density at radius 2 is 1.84 bits per heavy atom. The predicted octanol–water partition coefficient (Wildman–Crippen LogP) is 3.87. The molecule has 8 heteroatoms. The second-order valence-electron chi connectivity index (χ2n) is 7.04. The van der Waals surface area contributed by atoms with E-state index in [0.717, 1.165) is 29.0 Å². The Balaban J connectivity index is 1.39. The fourth-order valence-corrected chi connectivity index (χ4v) is 3.25. The van der Waals surface area contributed by atoms with Crippen LogP contribution >= 0.6 is 0 Å². The lowest BCUT2D eigenvalue weighted by Gasteiger charge is -2.09. The summed E-state index contributed by atoms with van der Waals surface area (Å²) in [5.74, 6) is 1.80. The number of carbonyl (C=O) groups is 1. The number of rotatable bonds is 8. The second kappa shape index (κ2) is 9.25. The van der Waals surface area contributed by atoms with Crippen LogP contribution in [-0.2, 0) is 0 Å². The molecule has 4 rings (SSSR count). The van der Waals surface area contributed by atoms with Crippen LogP contribution in [0.15, 0.2) is 59.1 Å². The lowest BCUT2D eigenvalue weighted by atomic mass is 10.1. The Bertz CT molecular complexity index is 1190. The van der Waals surface area contributed by atoms with Crippen molar-refractivity contribution in [2.45, 2.75) is 13.8 Å². The number of amides is 1. The first-order chi connectivity index (χ1) is 15.1. The molecule has 1 amide bonds. The fraction of sp³-hybridized carbons (Fsp3) is 0.217. The van der Waals surface area contributed by atoms with Crippen molar-refractivity contribution >= 4 is 28.6 Å². The molecule has 0 bridgehead atoms. The summed E-state index contributed by atoms with van der Waals surface area (Å²) in [6.07, 6.45) is 0. The van der Waals surface area contributed by atoms with Crippen LogP contribution in [0.3, 0.4) is 0 Å². The average molecular weight is 416 g/mol. The molecule has 4 aromatic rings. The lowest BCUT2D eigenvalue weighted by Crippen LogP contribution is -2.29. The molecule has 0 aliphatic carbocycles. The highest BCUT2D eigenvalue weighted by Gasteiger charge is 2.13. The van der Waals surface area contributed by atoms with E-state index in [2.05, 4.69) is 31.1 Å². The Morgan fingerprint density at radius 3 is 2.65 bits per heavy atom. The molecule has 0 aliphatic heterocycles. The van der Waals surface area contributed by atoms with Crippen molar-refractivity contribution in [3.63, 3.8) is 0 Å². The molecule has 0 radical (unpaired) electrons. The van der Waals surface area contributed by atoms with E-state index in [1.54, 1.807) is 12.1 Å². The van der Waals surface area contributed by atoms with Gasteiger partial charge in [-0.2, -0.15) is 4.98 Å². The van der Waals surface area contributed by atoms with Gasteiger partial charge in [0.05, 0.1) is 5.39 Å². The molecule has 31 heavy (non-hydrogen) atoms. The Hall–Kier alpha value is -3.94. The van der Waals surface area contributed by atoms with E-state index < -0.39 is 0 Å². The molecule has 0 spiro atoms. The quantitative estimate of drug-likeness (QED) is 0.375. The largest absolute Gasteiger partial charge is 0.370 e. The molecule has 0 saturated heterocycles. The van der Waals surface area contributed by atoms with Gasteiger partial charge < -0.3 is 20.5 Å². The summed E-state index contributed by atoms with van der Waals surface area (Å²) in [7, 11) is 0. The van der Waals surface area contributed by atoms with Crippen molar-refractivity contribution in [1.29, 1.82) is 0 Å². The van der Waals surface area contributed by atoms with Gasteiger partial charge in [-0.3, -0.25) is 4.79 Å². The van der Waals surface area contributed by atoms with E-state index in [0.29, 0.717) is 35.9 Å². The van der Waals surface area contributed by atoms with Gasteiger partial charge in [-0.1, -0.05) is 35.5 Å². The Morgan fingerprint density at radius 1 is 1.00 bits per heavy atom. The van der Waals surface area contributed by atoms with Crippen molar-refractivity contribution in [1.82, 2.24) is 20.4 Å². The molecular weight excluding hydrogens is 392 g/mol. The van der Waals surface area contributed by atoms with E-state index >= 15 is 0 Å². The number of hydrogen-bond donors (Lipinski definition) is 3. The zero-order chi connectivity index (χ0) is 21.6. The van der Waals surface area contributed by atoms with Gasteiger partial charge in [0.25, 0.3) is 5.91 Å². The van der Waals surface area contributed by atoms with Gasteiger partial charge in [0.1, 0.15) is 11.3 Å². The predicted molar refractivity (Wildman–Crippen MR) is 121 cm³/mol. The molecular formula is C23H24N6O2. The minimum Gasteiger partial charge on any atom is -0.370 e. The fourth-order valence-electron chi connectivity index (χ4n) is 3.25. The normalized spacial score (nSPS) is 10.8. The molecule has 8 nitrogen and oxygen atoms in total. The van der Waals surface area contributed by atoms with Crippen LogP contribution < -0.4 is 16.0 Å². The zero-order valence-electron chi connectivity index (χ0n) is 17.5. The van der Waals surface area contributed by atoms with Crippen molar-refractivity contribution in [3.05, 3.63) is 65.9 Å². The molecule has 2 heterocycles. The molecule has 0 fully saturated rings. The van der Waals surface area contributed by atoms with Crippen molar-refractivity contribution < 1.29 is 9.32 Å². The highest BCUT2D eigenvalue weighted by molar-refractivity contribution is 6.00. The summed E-state index contributed by atoms with van der Waals surface area (Å²) in [6.45, 7) is 5.65. The number of carbonyl (C=O) groups excluding carboxylic acids is 1. The highest BCUT2D eigenvalue weighted by Crippen LogP contribution is 2.29. The van der Waals surface area contributed by atoms with Crippen LogP contribution in [0, 0.1) is 6.92 Å². The maximum atomic E-state index is 12.6. The van der Waals surface area contributed by atoms with Crippen LogP contribution in [0.25, 0.3) is 22.2 Å². The first kappa shape index (κ1) is 20.3. The number of hydrogen-bond acceptors (Lipinski definition) is 7. The molecule has 0 saturated carbocycles. The number of nitrogens with zero attached hydrogens (tertiary/aromatic N) is 3. The number of anilines is 2. The van der Waals surface area contributed by atoms with Crippen molar-refractivity contribution in [3.8, 4) is 11.3 Å². The van der Waals surface area contributed by atoms with Crippen LogP contribution in [0.1, 0.15) is 23.0 Å². The highest BCUT2D eigenvalue weighted by atomic mass is 16.5. The van der Waals surface area contributed by atoms with Crippen LogP contribution in [0.2, 0.25) is 0 Å². The molecule has 2 aromatic carbocycles. The molecule has 0 unspecified atom stereocenters. The Kier molecular flexibility index (Phi) is 6.07. The SMILES string of the molecule is CCNc1cc(C)nc(NCCNC(=O)c2ccc3noc(-c4ccccc4)c3c2)n1.